The number of nitrogens with one attached hydrogen (secondary N) is 2. The first-order chi connectivity index (χ1) is 31.8. The van der Waals surface area contributed by atoms with Gasteiger partial charge in [-0.05, 0) is 92.5 Å². The van der Waals surface area contributed by atoms with Crippen LogP contribution in [0.1, 0.15) is 62.5 Å². The summed E-state index contributed by atoms with van der Waals surface area (Å²) in [5.74, 6) is 3.15. The molecule has 10 rings (SSSR count). The van der Waals surface area contributed by atoms with Crippen molar-refractivity contribution in [2.45, 2.75) is 69.9 Å². The van der Waals surface area contributed by atoms with Gasteiger partial charge in [0.05, 0.1) is 43.7 Å². The largest absolute Gasteiger partial charge is 0.508 e. The minimum atomic E-state index is -1.02. The smallest absolute Gasteiger partial charge is 0.413 e. The number of likely N-dealkylation sites (tertiary alicyclic amines) is 1. The number of methoxy groups -OCH3 is 2. The molecule has 2 saturated carbocycles. The zero-order valence-corrected chi connectivity index (χ0v) is 36.3. The third kappa shape index (κ3) is 8.42. The fourth-order valence-corrected chi connectivity index (χ4v) is 9.56. The lowest BCUT2D eigenvalue weighted by Crippen LogP contribution is -2.56. The fourth-order valence-electron chi connectivity index (χ4n) is 9.56. The molecule has 0 unspecified atom stereocenters. The lowest BCUT2D eigenvalue weighted by molar-refractivity contribution is -0.143. The van der Waals surface area contributed by atoms with Gasteiger partial charge in [0.1, 0.15) is 35.1 Å². The maximum Gasteiger partial charge on any atom is 0.413 e. The second-order valence-corrected chi connectivity index (χ2v) is 17.3. The second-order valence-electron chi connectivity index (χ2n) is 17.3. The molecule has 17 heteroatoms. The Morgan fingerprint density at radius 2 is 1.66 bits per heavy atom. The standard InChI is InChI=1S/C48H51N7O10/c1-60-35-14-11-29(22-38(35)61-2)41-32-5-3-4-6-33(32)46(57)55(53-41)30-17-19-54(20-18-30)47(58)34(21-27-9-12-31(56)13-10-27)52-48(59)65-39-23-49-44-42(39)50-25-51-43(44)40-36(62-24-28-7-8-28)15-16-37-45(40)64-26-63-37/h9-16,22-23,25,28,30,32-34,49,56H,3-8,17-21,24,26H2,1-2H3,(H,52,59)/t32-,33+,34-/m0/s1. The third-order valence-electron chi connectivity index (χ3n) is 13.2. The maximum atomic E-state index is 14.4. The molecule has 0 radical (unpaired) electrons. The molecule has 5 aliphatic rings. The van der Waals surface area contributed by atoms with Crippen molar-refractivity contribution in [2.75, 3.05) is 40.7 Å². The zero-order chi connectivity index (χ0) is 44.6. The van der Waals surface area contributed by atoms with E-state index >= 15 is 0 Å². The Morgan fingerprint density at radius 3 is 2.43 bits per heavy atom. The average Bonchev–Trinajstić information content (AvgIpc) is 3.89. The average molecular weight is 886 g/mol. The second kappa shape index (κ2) is 17.9. The van der Waals surface area contributed by atoms with Gasteiger partial charge in [-0.25, -0.2) is 19.8 Å². The predicted octanol–water partition coefficient (Wildman–Crippen LogP) is 6.61. The Balaban J connectivity index is 0.863. The van der Waals surface area contributed by atoms with Crippen molar-refractivity contribution < 1.29 is 47.9 Å². The lowest BCUT2D eigenvalue weighted by atomic mass is 9.73. The molecule has 17 nitrogen and oxygen atoms in total. The van der Waals surface area contributed by atoms with Gasteiger partial charge in [0.25, 0.3) is 0 Å². The number of carbonyl (C=O) groups excluding carboxylic acids is 3. The number of phenols is 1. The van der Waals surface area contributed by atoms with Gasteiger partial charge in [0.2, 0.25) is 18.6 Å². The van der Waals surface area contributed by atoms with Crippen LogP contribution in [0.4, 0.5) is 4.79 Å². The van der Waals surface area contributed by atoms with Crippen LogP contribution in [0, 0.1) is 17.8 Å². The molecule has 2 aliphatic carbocycles. The number of aromatic amines is 1. The molecular weight excluding hydrogens is 835 g/mol. The molecule has 5 heterocycles. The summed E-state index contributed by atoms with van der Waals surface area (Å²) in [6.07, 6.45) is 9.11. The van der Waals surface area contributed by atoms with Gasteiger partial charge in [-0.3, -0.25) is 9.59 Å². The van der Waals surface area contributed by atoms with Gasteiger partial charge in [-0.1, -0.05) is 25.0 Å². The van der Waals surface area contributed by atoms with Crippen LogP contribution in [0.5, 0.6) is 40.2 Å². The summed E-state index contributed by atoms with van der Waals surface area (Å²) >= 11 is 0. The molecule has 3 amide bonds. The summed E-state index contributed by atoms with van der Waals surface area (Å²) in [4.78, 5) is 56.3. The number of rotatable bonds is 13. The molecule has 2 aromatic heterocycles. The quantitative estimate of drug-likeness (QED) is 0.115. The van der Waals surface area contributed by atoms with Gasteiger partial charge in [0, 0.05) is 43.1 Å². The number of aromatic hydroxyl groups is 1. The van der Waals surface area contributed by atoms with Crippen LogP contribution in [-0.2, 0) is 16.0 Å². The van der Waals surface area contributed by atoms with E-state index in [0.29, 0.717) is 89.5 Å². The van der Waals surface area contributed by atoms with Crippen molar-refractivity contribution in [3.05, 3.63) is 78.2 Å². The highest BCUT2D eigenvalue weighted by molar-refractivity contribution is 6.07. The molecule has 65 heavy (non-hydrogen) atoms. The number of piperidine rings is 1. The normalized spacial score (nSPS) is 19.9. The molecule has 0 spiro atoms. The van der Waals surface area contributed by atoms with Gasteiger partial charge < -0.3 is 48.7 Å². The van der Waals surface area contributed by atoms with Gasteiger partial charge in [-0.2, -0.15) is 5.10 Å². The summed E-state index contributed by atoms with van der Waals surface area (Å²) in [5, 5.41) is 19.5. The molecule has 3 atom stereocenters. The molecule has 1 saturated heterocycles. The van der Waals surface area contributed by atoms with Crippen molar-refractivity contribution in [1.29, 1.82) is 0 Å². The maximum absolute atomic E-state index is 14.4. The topological polar surface area (TPSA) is 199 Å². The molecule has 3 fully saturated rings. The number of amides is 3. The number of fused-ring (bicyclic) bond motifs is 3. The van der Waals surface area contributed by atoms with Gasteiger partial charge in [-0.15, -0.1) is 0 Å². The highest BCUT2D eigenvalue weighted by atomic mass is 16.7. The molecular formula is C48H51N7O10. The van der Waals surface area contributed by atoms with E-state index in [1.54, 1.807) is 36.3 Å². The molecule has 3 aliphatic heterocycles. The van der Waals surface area contributed by atoms with E-state index in [9.17, 15) is 19.5 Å². The number of H-pyrrole nitrogens is 1. The number of phenolic OH excluding ortho intramolecular Hbond substituents is 1. The Bertz CT molecular complexity index is 2640. The minimum absolute atomic E-state index is 0.00997. The number of benzene rings is 3. The van der Waals surface area contributed by atoms with Crippen molar-refractivity contribution in [2.24, 2.45) is 22.9 Å². The third-order valence-corrected chi connectivity index (χ3v) is 13.2. The Labute approximate surface area is 375 Å². The van der Waals surface area contributed by atoms with Gasteiger partial charge in [0.15, 0.2) is 28.7 Å². The Morgan fingerprint density at radius 1 is 0.892 bits per heavy atom. The van der Waals surface area contributed by atoms with Crippen LogP contribution >= 0.6 is 0 Å². The van der Waals surface area contributed by atoms with Crippen LogP contribution in [0.25, 0.3) is 22.3 Å². The summed E-state index contributed by atoms with van der Waals surface area (Å²) in [7, 11) is 3.20. The SMILES string of the molecule is COc1ccc(C2=NN(C3CCN(C(=O)[C@H](Cc4ccc(O)cc4)NC(=O)Oc4c[nH]c5c(-c6c(OCC7CC7)ccc7c6OCO7)ncnc45)CC3)C(=O)[C@@H]3CCCC[C@H]23)cc1OC. The highest BCUT2D eigenvalue weighted by Crippen LogP contribution is 2.49. The van der Waals surface area contributed by atoms with E-state index < -0.39 is 12.1 Å². The van der Waals surface area contributed by atoms with Crippen LogP contribution in [0.3, 0.4) is 0 Å². The Kier molecular flexibility index (Phi) is 11.5. The van der Waals surface area contributed by atoms with Crippen LogP contribution in [-0.4, -0.2) is 106 Å². The van der Waals surface area contributed by atoms with Crippen molar-refractivity contribution >= 4 is 34.7 Å². The van der Waals surface area contributed by atoms with Crippen LogP contribution in [0.2, 0.25) is 0 Å². The van der Waals surface area contributed by atoms with Gasteiger partial charge >= 0.3 is 6.09 Å². The summed E-state index contributed by atoms with van der Waals surface area (Å²) in [6.45, 7) is 1.31. The molecule has 5 aromatic rings. The van der Waals surface area contributed by atoms with Crippen molar-refractivity contribution in [3.8, 4) is 51.5 Å². The summed E-state index contributed by atoms with van der Waals surface area (Å²) in [5.41, 5.74) is 4.39. The lowest BCUT2D eigenvalue weighted by Gasteiger charge is -2.43. The number of nitrogens with zero attached hydrogens (tertiary/aromatic N) is 5. The number of hydrogen-bond donors (Lipinski definition) is 3. The number of hydrogen-bond acceptors (Lipinski definition) is 13. The van der Waals surface area contributed by atoms with E-state index in [1.165, 1.54) is 24.7 Å². The number of carbonyl (C=O) groups is 3. The van der Waals surface area contributed by atoms with E-state index in [0.717, 1.165) is 55.4 Å². The number of ether oxygens (including phenoxy) is 6. The number of hydrazone groups is 1. The van der Waals surface area contributed by atoms with Crippen LogP contribution in [0.15, 0.2) is 72.2 Å². The first-order valence-electron chi connectivity index (χ1n) is 22.3. The molecule has 0 bridgehead atoms. The fraction of sp³-hybridized carbons (Fsp3) is 0.417. The monoisotopic (exact) mass is 885 g/mol. The molecule has 3 aromatic carbocycles. The first kappa shape index (κ1) is 41.9. The predicted molar refractivity (Wildman–Crippen MR) is 236 cm³/mol. The molecule has 338 valence electrons. The zero-order valence-electron chi connectivity index (χ0n) is 36.3. The number of aromatic nitrogens is 3. The molecule has 3 N–H and O–H groups in total. The van der Waals surface area contributed by atoms with E-state index in [1.807, 2.05) is 30.3 Å². The van der Waals surface area contributed by atoms with E-state index in [4.69, 9.17) is 33.5 Å². The van der Waals surface area contributed by atoms with E-state index in [2.05, 4.69) is 20.3 Å². The van der Waals surface area contributed by atoms with E-state index in [-0.39, 0.29) is 54.4 Å². The highest BCUT2D eigenvalue weighted by Gasteiger charge is 2.44. The summed E-state index contributed by atoms with van der Waals surface area (Å²) < 4.78 is 34.8. The summed E-state index contributed by atoms with van der Waals surface area (Å²) in [6, 6.07) is 14.7. The van der Waals surface area contributed by atoms with Crippen LogP contribution < -0.4 is 33.7 Å². The Hall–Kier alpha value is -7.04. The minimum Gasteiger partial charge on any atom is -0.508 e. The van der Waals surface area contributed by atoms with Crippen molar-refractivity contribution in [3.63, 3.8) is 0 Å². The van der Waals surface area contributed by atoms with Crippen molar-refractivity contribution in [1.82, 2.24) is 30.2 Å². The first-order valence-corrected chi connectivity index (χ1v) is 22.3.